The van der Waals surface area contributed by atoms with E-state index in [9.17, 15) is 13.2 Å². The number of nitrogens with one attached hydrogen (secondary N) is 1. The lowest BCUT2D eigenvalue weighted by molar-refractivity contribution is -0.121. The molecule has 0 bridgehead atoms. The van der Waals surface area contributed by atoms with Crippen LogP contribution in [0, 0.1) is 0 Å². The number of sulfonamides is 1. The number of carbonyl (C=O) groups is 1. The zero-order valence-corrected chi connectivity index (χ0v) is 17.1. The summed E-state index contributed by atoms with van der Waals surface area (Å²) >= 11 is 5.98. The number of rotatable bonds is 8. The smallest absolute Gasteiger partial charge is 0.255 e. The third-order valence-corrected chi connectivity index (χ3v) is 5.79. The number of nitrogens with zero attached hydrogens (tertiary/aromatic N) is 2. The highest BCUT2D eigenvalue weighted by atomic mass is 35.5. The molecule has 8 nitrogen and oxygen atoms in total. The maximum absolute atomic E-state index is 12.6. The van der Waals surface area contributed by atoms with E-state index in [1.807, 2.05) is 0 Å². The number of likely N-dealkylation sites (N-methyl/N-ethyl adjacent to an activating group) is 1. The Morgan fingerprint density at radius 3 is 2.61 bits per heavy atom. The molecule has 0 atom stereocenters. The second-order valence-corrected chi connectivity index (χ2v) is 8.08. The summed E-state index contributed by atoms with van der Waals surface area (Å²) < 4.78 is 36.2. The Morgan fingerprint density at radius 1 is 1.21 bits per heavy atom. The molecule has 0 aliphatic rings. The molecule has 0 radical (unpaired) electrons. The first-order chi connectivity index (χ1) is 13.3. The van der Waals surface area contributed by atoms with Gasteiger partial charge < -0.3 is 9.47 Å². The van der Waals surface area contributed by atoms with E-state index in [1.54, 1.807) is 31.4 Å². The number of halogens is 1. The highest BCUT2D eigenvalue weighted by molar-refractivity contribution is 7.89. The average Bonchev–Trinajstić information content (AvgIpc) is 2.67. The molecule has 0 saturated heterocycles. The molecule has 0 spiro atoms. The quantitative estimate of drug-likeness (QED) is 0.516. The molecule has 0 aliphatic heterocycles. The minimum Gasteiger partial charge on any atom is -0.497 e. The highest BCUT2D eigenvalue weighted by Gasteiger charge is 2.23. The number of methoxy groups -OCH3 is 2. The fraction of sp³-hybridized carbons (Fsp3) is 0.222. The molecule has 0 heterocycles. The first kappa shape index (κ1) is 21.7. The number of carbonyl (C=O) groups excluding carboxylic acids is 1. The first-order valence-corrected chi connectivity index (χ1v) is 9.85. The summed E-state index contributed by atoms with van der Waals surface area (Å²) in [5, 5.41) is 3.98. The zero-order chi connectivity index (χ0) is 20.7. The monoisotopic (exact) mass is 425 g/mol. The summed E-state index contributed by atoms with van der Waals surface area (Å²) in [5.41, 5.74) is 3.01. The summed E-state index contributed by atoms with van der Waals surface area (Å²) in [6.07, 6.45) is 1.43. The third-order valence-electron chi connectivity index (χ3n) is 3.69. The first-order valence-electron chi connectivity index (χ1n) is 8.03. The predicted molar refractivity (Wildman–Crippen MR) is 107 cm³/mol. The van der Waals surface area contributed by atoms with E-state index < -0.39 is 22.5 Å². The molecule has 1 N–H and O–H groups in total. The minimum atomic E-state index is -3.90. The maximum atomic E-state index is 12.6. The van der Waals surface area contributed by atoms with E-state index in [0.717, 1.165) is 4.31 Å². The lowest BCUT2D eigenvalue weighted by atomic mass is 10.2. The van der Waals surface area contributed by atoms with Crippen LogP contribution in [-0.4, -0.2) is 52.7 Å². The van der Waals surface area contributed by atoms with Crippen LogP contribution >= 0.6 is 11.6 Å². The summed E-state index contributed by atoms with van der Waals surface area (Å²) in [7, 11) is 0.361. The summed E-state index contributed by atoms with van der Waals surface area (Å²) in [4.78, 5) is 12.0. The summed E-state index contributed by atoms with van der Waals surface area (Å²) in [5.74, 6) is 0.414. The van der Waals surface area contributed by atoms with Crippen LogP contribution in [0.15, 0.2) is 52.5 Å². The van der Waals surface area contributed by atoms with Crippen LogP contribution in [0.2, 0.25) is 5.02 Å². The molecule has 0 saturated carbocycles. The van der Waals surface area contributed by atoms with Crippen molar-refractivity contribution in [2.75, 3.05) is 27.8 Å². The molecule has 10 heteroatoms. The second kappa shape index (κ2) is 9.54. The van der Waals surface area contributed by atoms with Gasteiger partial charge in [0.25, 0.3) is 5.91 Å². The highest BCUT2D eigenvalue weighted by Crippen LogP contribution is 2.28. The predicted octanol–water partition coefficient (Wildman–Crippen LogP) is 2.13. The van der Waals surface area contributed by atoms with Gasteiger partial charge in [-0.15, -0.1) is 0 Å². The Bertz CT molecular complexity index is 979. The molecule has 0 fully saturated rings. The Hall–Kier alpha value is -2.62. The standard InChI is InChI=1S/C18H20ClN3O5S/c1-22(28(24,25)15-7-8-17(27-3)16(19)10-15)12-18(23)21-20-11-13-5-4-6-14(9-13)26-2/h4-11H,12H2,1-3H3,(H,21,23). The molecule has 0 aliphatic carbocycles. The van der Waals surface area contributed by atoms with Crippen molar-refractivity contribution in [3.05, 3.63) is 53.1 Å². The van der Waals surface area contributed by atoms with Gasteiger partial charge in [0, 0.05) is 7.05 Å². The van der Waals surface area contributed by atoms with Gasteiger partial charge in [0.2, 0.25) is 10.0 Å². The van der Waals surface area contributed by atoms with Gasteiger partial charge in [0.1, 0.15) is 11.5 Å². The largest absolute Gasteiger partial charge is 0.497 e. The molecule has 2 aromatic rings. The fourth-order valence-electron chi connectivity index (χ4n) is 2.21. The van der Waals surface area contributed by atoms with Gasteiger partial charge in [0.05, 0.1) is 36.9 Å². The van der Waals surface area contributed by atoms with Crippen molar-refractivity contribution in [1.29, 1.82) is 0 Å². The van der Waals surface area contributed by atoms with E-state index in [0.29, 0.717) is 17.1 Å². The molecule has 2 aromatic carbocycles. The van der Waals surface area contributed by atoms with Crippen molar-refractivity contribution in [2.45, 2.75) is 4.90 Å². The Balaban J connectivity index is 2.00. The van der Waals surface area contributed by atoms with E-state index in [2.05, 4.69) is 10.5 Å². The number of amides is 1. The number of hydrogen-bond acceptors (Lipinski definition) is 6. The number of benzene rings is 2. The fourth-order valence-corrected chi connectivity index (χ4v) is 3.69. The van der Waals surface area contributed by atoms with Crippen molar-refractivity contribution >= 4 is 33.7 Å². The lowest BCUT2D eigenvalue weighted by Gasteiger charge is -2.16. The van der Waals surface area contributed by atoms with E-state index in [1.165, 1.54) is 38.6 Å². The summed E-state index contributed by atoms with van der Waals surface area (Å²) in [6, 6.07) is 11.1. The van der Waals surface area contributed by atoms with Gasteiger partial charge >= 0.3 is 0 Å². The molecule has 2 rings (SSSR count). The van der Waals surface area contributed by atoms with Crippen LogP contribution in [0.4, 0.5) is 0 Å². The Labute approximate surface area is 168 Å². The van der Waals surface area contributed by atoms with Crippen molar-refractivity contribution in [3.63, 3.8) is 0 Å². The molecular weight excluding hydrogens is 406 g/mol. The second-order valence-electron chi connectivity index (χ2n) is 5.63. The van der Waals surface area contributed by atoms with Crippen LogP contribution in [0.1, 0.15) is 5.56 Å². The van der Waals surface area contributed by atoms with Gasteiger partial charge in [-0.05, 0) is 35.9 Å². The SMILES string of the molecule is COc1cccc(C=NNC(=O)CN(C)S(=O)(=O)c2ccc(OC)c(Cl)c2)c1. The molecule has 0 unspecified atom stereocenters. The Kier molecular flexibility index (Phi) is 7.38. The van der Waals surface area contributed by atoms with E-state index in [4.69, 9.17) is 21.1 Å². The van der Waals surface area contributed by atoms with Gasteiger partial charge in [0.15, 0.2) is 0 Å². The van der Waals surface area contributed by atoms with E-state index in [-0.39, 0.29) is 9.92 Å². The normalized spacial score (nSPS) is 11.6. The van der Waals surface area contributed by atoms with Crippen LogP contribution in [0.25, 0.3) is 0 Å². The van der Waals surface area contributed by atoms with Gasteiger partial charge in [-0.1, -0.05) is 23.7 Å². The van der Waals surface area contributed by atoms with Crippen LogP contribution in [0.5, 0.6) is 11.5 Å². The lowest BCUT2D eigenvalue weighted by Crippen LogP contribution is -2.36. The topological polar surface area (TPSA) is 97.3 Å². The van der Waals surface area contributed by atoms with Gasteiger partial charge in [-0.2, -0.15) is 9.41 Å². The van der Waals surface area contributed by atoms with Crippen LogP contribution in [0.3, 0.4) is 0 Å². The molecular formula is C18H20ClN3O5S. The molecule has 28 heavy (non-hydrogen) atoms. The van der Waals surface area contributed by atoms with Crippen LogP contribution in [-0.2, 0) is 14.8 Å². The van der Waals surface area contributed by atoms with E-state index >= 15 is 0 Å². The van der Waals surface area contributed by atoms with Crippen molar-refractivity contribution in [2.24, 2.45) is 5.10 Å². The molecule has 150 valence electrons. The Morgan fingerprint density at radius 2 is 1.96 bits per heavy atom. The molecule has 1 amide bonds. The van der Waals surface area contributed by atoms with Gasteiger partial charge in [-0.3, -0.25) is 4.79 Å². The van der Waals surface area contributed by atoms with Gasteiger partial charge in [-0.25, -0.2) is 13.8 Å². The average molecular weight is 426 g/mol. The van der Waals surface area contributed by atoms with Crippen LogP contribution < -0.4 is 14.9 Å². The number of hydrogen-bond donors (Lipinski definition) is 1. The summed E-state index contributed by atoms with van der Waals surface area (Å²) in [6.45, 7) is -0.415. The van der Waals surface area contributed by atoms with Crippen molar-refractivity contribution < 1.29 is 22.7 Å². The maximum Gasteiger partial charge on any atom is 0.255 e. The zero-order valence-electron chi connectivity index (χ0n) is 15.5. The minimum absolute atomic E-state index is 0.0477. The third kappa shape index (κ3) is 5.44. The molecule has 0 aromatic heterocycles. The van der Waals surface area contributed by atoms with Crippen molar-refractivity contribution in [1.82, 2.24) is 9.73 Å². The van der Waals surface area contributed by atoms with Crippen molar-refractivity contribution in [3.8, 4) is 11.5 Å². The number of ether oxygens (including phenoxy) is 2. The number of hydrazone groups is 1.